The smallest absolute Gasteiger partial charge is 0.177 e. The molecule has 1 aromatic carbocycles. The molecule has 0 unspecified atom stereocenters. The Morgan fingerprint density at radius 3 is 2.79 bits per heavy atom. The fourth-order valence-electron chi connectivity index (χ4n) is 3.09. The van der Waals surface area contributed by atoms with Crippen LogP contribution in [0.25, 0.3) is 10.9 Å². The monoisotopic (exact) mass is 281 g/mol. The number of sulfone groups is 1. The van der Waals surface area contributed by atoms with E-state index in [9.17, 15) is 12.8 Å². The first-order valence-corrected chi connectivity index (χ1v) is 8.35. The molecule has 0 fully saturated rings. The zero-order valence-electron chi connectivity index (χ0n) is 11.0. The number of hydrogen-bond donors (Lipinski definition) is 1. The normalized spacial score (nSPS) is 19.0. The minimum absolute atomic E-state index is 0.0618. The van der Waals surface area contributed by atoms with E-state index >= 15 is 0 Å². The van der Waals surface area contributed by atoms with Crippen LogP contribution >= 0.6 is 0 Å². The van der Waals surface area contributed by atoms with Crippen LogP contribution in [0.3, 0.4) is 0 Å². The summed E-state index contributed by atoms with van der Waals surface area (Å²) in [5.41, 5.74) is 2.74. The van der Waals surface area contributed by atoms with Gasteiger partial charge in [0.05, 0.1) is 10.4 Å². The van der Waals surface area contributed by atoms with Crippen LogP contribution in [-0.2, 0) is 16.3 Å². The van der Waals surface area contributed by atoms with Crippen LogP contribution in [0.15, 0.2) is 17.0 Å². The molecule has 19 heavy (non-hydrogen) atoms. The number of aromatic nitrogens is 1. The molecule has 1 aromatic heterocycles. The predicted molar refractivity (Wildman–Crippen MR) is 72.7 cm³/mol. The van der Waals surface area contributed by atoms with Crippen LogP contribution in [0.5, 0.6) is 0 Å². The van der Waals surface area contributed by atoms with Crippen molar-refractivity contribution >= 4 is 20.7 Å². The highest BCUT2D eigenvalue weighted by atomic mass is 32.2. The van der Waals surface area contributed by atoms with Gasteiger partial charge in [-0.05, 0) is 42.9 Å². The van der Waals surface area contributed by atoms with Crippen molar-refractivity contribution < 1.29 is 12.8 Å². The maximum atomic E-state index is 13.7. The third-order valence-electron chi connectivity index (χ3n) is 4.02. The standard InChI is InChI=1S/C14H16FNO2S/c1-3-8-4-5-10-11-6-9(15)7-12(19(2,17)18)14(11)16-13(8)10/h6-8,16H,3-5H2,1-2H3/t8-/m0/s1. The van der Waals surface area contributed by atoms with E-state index in [0.29, 0.717) is 11.4 Å². The number of aromatic amines is 1. The summed E-state index contributed by atoms with van der Waals surface area (Å²) in [4.78, 5) is 3.30. The average molecular weight is 281 g/mol. The Kier molecular flexibility index (Phi) is 2.71. The minimum Gasteiger partial charge on any atom is -0.357 e. The van der Waals surface area contributed by atoms with Crippen LogP contribution in [0, 0.1) is 5.82 Å². The van der Waals surface area contributed by atoms with Crippen LogP contribution in [-0.4, -0.2) is 19.7 Å². The van der Waals surface area contributed by atoms with E-state index < -0.39 is 15.7 Å². The van der Waals surface area contributed by atoms with E-state index in [1.54, 1.807) is 0 Å². The predicted octanol–water partition coefficient (Wildman–Crippen LogP) is 3.15. The van der Waals surface area contributed by atoms with Gasteiger partial charge < -0.3 is 4.98 Å². The van der Waals surface area contributed by atoms with Crippen LogP contribution in [0.1, 0.15) is 36.9 Å². The molecule has 0 saturated carbocycles. The number of aryl methyl sites for hydroxylation is 1. The van der Waals surface area contributed by atoms with Gasteiger partial charge in [0.2, 0.25) is 0 Å². The molecule has 0 saturated heterocycles. The Hall–Kier alpha value is -1.36. The molecule has 1 N–H and O–H groups in total. The van der Waals surface area contributed by atoms with E-state index in [-0.39, 0.29) is 4.90 Å². The average Bonchev–Trinajstić information content (AvgIpc) is 2.85. The molecule has 1 aliphatic rings. The molecule has 0 amide bonds. The number of rotatable bonds is 2. The van der Waals surface area contributed by atoms with E-state index in [1.165, 1.54) is 6.07 Å². The lowest BCUT2D eigenvalue weighted by atomic mass is 10.1. The van der Waals surface area contributed by atoms with Crippen molar-refractivity contribution in [2.45, 2.75) is 37.0 Å². The van der Waals surface area contributed by atoms with Crippen molar-refractivity contribution in [1.29, 1.82) is 0 Å². The number of hydrogen-bond acceptors (Lipinski definition) is 2. The number of halogens is 1. The highest BCUT2D eigenvalue weighted by Crippen LogP contribution is 2.40. The third kappa shape index (κ3) is 1.87. The van der Waals surface area contributed by atoms with Crippen molar-refractivity contribution in [1.82, 2.24) is 4.98 Å². The van der Waals surface area contributed by atoms with Gasteiger partial charge in [-0.2, -0.15) is 0 Å². The molecule has 0 aliphatic heterocycles. The first kappa shape index (κ1) is 12.7. The Morgan fingerprint density at radius 2 is 2.16 bits per heavy atom. The van der Waals surface area contributed by atoms with Gasteiger partial charge in [-0.3, -0.25) is 0 Å². The van der Waals surface area contributed by atoms with Crippen molar-refractivity contribution in [3.63, 3.8) is 0 Å². The van der Waals surface area contributed by atoms with Gasteiger partial charge in [0, 0.05) is 17.3 Å². The first-order valence-electron chi connectivity index (χ1n) is 6.46. The summed E-state index contributed by atoms with van der Waals surface area (Å²) in [6, 6.07) is 2.54. The highest BCUT2D eigenvalue weighted by molar-refractivity contribution is 7.91. The van der Waals surface area contributed by atoms with Gasteiger partial charge in [-0.1, -0.05) is 6.92 Å². The van der Waals surface area contributed by atoms with Gasteiger partial charge in [0.15, 0.2) is 9.84 Å². The molecule has 0 spiro atoms. The SMILES string of the molecule is CC[C@H]1CCc2c1[nH]c1c(S(C)(=O)=O)cc(F)cc21. The Bertz CT molecular complexity index is 761. The van der Waals surface area contributed by atoms with Crippen LogP contribution < -0.4 is 0 Å². The zero-order chi connectivity index (χ0) is 13.8. The number of benzene rings is 1. The second-order valence-electron chi connectivity index (χ2n) is 5.26. The van der Waals surface area contributed by atoms with Gasteiger partial charge in [0.1, 0.15) is 5.82 Å². The van der Waals surface area contributed by atoms with E-state index in [0.717, 1.165) is 48.2 Å². The maximum absolute atomic E-state index is 13.7. The largest absolute Gasteiger partial charge is 0.357 e. The second kappa shape index (κ2) is 4.07. The minimum atomic E-state index is -3.43. The van der Waals surface area contributed by atoms with Gasteiger partial charge in [-0.25, -0.2) is 12.8 Å². The Labute approximate surface area is 111 Å². The molecule has 5 heteroatoms. The molecule has 3 nitrogen and oxygen atoms in total. The summed E-state index contributed by atoms with van der Waals surface area (Å²) in [5.74, 6) is -0.0625. The van der Waals surface area contributed by atoms with Crippen molar-refractivity contribution in [3.05, 3.63) is 29.2 Å². The summed E-state index contributed by atoms with van der Waals surface area (Å²) in [7, 11) is -3.43. The van der Waals surface area contributed by atoms with Crippen molar-refractivity contribution in [3.8, 4) is 0 Å². The maximum Gasteiger partial charge on any atom is 0.177 e. The molecule has 0 bridgehead atoms. The molecule has 102 valence electrons. The van der Waals surface area contributed by atoms with E-state index in [4.69, 9.17) is 0 Å². The third-order valence-corrected chi connectivity index (χ3v) is 5.14. The van der Waals surface area contributed by atoms with Crippen LogP contribution in [0.4, 0.5) is 4.39 Å². The molecule has 1 heterocycles. The number of fused-ring (bicyclic) bond motifs is 3. The molecule has 1 atom stereocenters. The molecule has 1 aliphatic carbocycles. The molecule has 0 radical (unpaired) electrons. The van der Waals surface area contributed by atoms with Gasteiger partial charge in [-0.15, -0.1) is 0 Å². The van der Waals surface area contributed by atoms with Crippen molar-refractivity contribution in [2.75, 3.05) is 6.26 Å². The summed E-state index contributed by atoms with van der Waals surface area (Å²) in [6.07, 6.45) is 4.07. The topological polar surface area (TPSA) is 49.9 Å². The first-order chi connectivity index (χ1) is 8.91. The Balaban J connectivity index is 2.37. The molecular weight excluding hydrogens is 265 g/mol. The quantitative estimate of drug-likeness (QED) is 0.919. The lowest BCUT2D eigenvalue weighted by molar-refractivity contribution is 0.597. The zero-order valence-corrected chi connectivity index (χ0v) is 11.8. The number of nitrogens with one attached hydrogen (secondary N) is 1. The highest BCUT2D eigenvalue weighted by Gasteiger charge is 2.27. The fourth-order valence-corrected chi connectivity index (χ4v) is 3.94. The van der Waals surface area contributed by atoms with E-state index in [2.05, 4.69) is 11.9 Å². The van der Waals surface area contributed by atoms with Crippen molar-refractivity contribution in [2.24, 2.45) is 0 Å². The number of H-pyrrole nitrogens is 1. The summed E-state index contributed by atoms with van der Waals surface area (Å²) in [6.45, 7) is 2.11. The molecule has 2 aromatic rings. The van der Waals surface area contributed by atoms with Gasteiger partial charge >= 0.3 is 0 Å². The Morgan fingerprint density at radius 1 is 1.42 bits per heavy atom. The fraction of sp³-hybridized carbons (Fsp3) is 0.429. The van der Waals surface area contributed by atoms with Gasteiger partial charge in [0.25, 0.3) is 0 Å². The van der Waals surface area contributed by atoms with Crippen LogP contribution in [0.2, 0.25) is 0 Å². The summed E-state index contributed by atoms with van der Waals surface area (Å²) < 4.78 is 37.3. The molecule has 3 rings (SSSR count). The lowest BCUT2D eigenvalue weighted by Crippen LogP contribution is -2.00. The second-order valence-corrected chi connectivity index (χ2v) is 7.24. The lowest BCUT2D eigenvalue weighted by Gasteiger charge is -2.06. The molecular formula is C14H16FNO2S. The summed E-state index contributed by atoms with van der Waals surface area (Å²) in [5, 5.41) is 0.728. The summed E-state index contributed by atoms with van der Waals surface area (Å²) >= 11 is 0. The van der Waals surface area contributed by atoms with E-state index in [1.807, 2.05) is 0 Å².